The van der Waals surface area contributed by atoms with Gasteiger partial charge in [0.2, 0.25) is 15.9 Å². The topological polar surface area (TPSA) is 88.2 Å². The summed E-state index contributed by atoms with van der Waals surface area (Å²) in [6.45, 7) is 5.46. The van der Waals surface area contributed by atoms with Crippen LogP contribution in [0, 0.1) is 13.8 Å². The quantitative estimate of drug-likeness (QED) is 0.792. The summed E-state index contributed by atoms with van der Waals surface area (Å²) < 4.78 is 27.2. The molecule has 1 aromatic heterocycles. The van der Waals surface area contributed by atoms with Crippen molar-refractivity contribution in [2.24, 2.45) is 0 Å². The van der Waals surface area contributed by atoms with Gasteiger partial charge >= 0.3 is 0 Å². The van der Waals surface area contributed by atoms with Crippen molar-refractivity contribution in [1.29, 1.82) is 0 Å². The Labute approximate surface area is 148 Å². The predicted octanol–water partition coefficient (Wildman–Crippen LogP) is 2.24. The van der Waals surface area contributed by atoms with Gasteiger partial charge in [-0.1, -0.05) is 18.2 Å². The van der Waals surface area contributed by atoms with Crippen LogP contribution < -0.4 is 10.0 Å². The molecular weight excluding hydrogens is 338 g/mol. The normalized spacial score (nSPS) is 12.6. The Morgan fingerprint density at radius 2 is 1.96 bits per heavy atom. The molecule has 2 N–H and O–H groups in total. The summed E-state index contributed by atoms with van der Waals surface area (Å²) in [5, 5.41) is 2.81. The van der Waals surface area contributed by atoms with Gasteiger partial charge in [0.05, 0.1) is 16.6 Å². The Hall–Kier alpha value is -2.25. The van der Waals surface area contributed by atoms with Crippen LogP contribution >= 0.6 is 0 Å². The third-order valence-electron chi connectivity index (χ3n) is 3.79. The van der Waals surface area contributed by atoms with Gasteiger partial charge in [0, 0.05) is 19.2 Å². The number of aryl methyl sites for hydroxylation is 2. The van der Waals surface area contributed by atoms with E-state index in [9.17, 15) is 13.2 Å². The van der Waals surface area contributed by atoms with Crippen LogP contribution in [0.1, 0.15) is 36.2 Å². The number of rotatable bonds is 7. The monoisotopic (exact) mass is 361 g/mol. The van der Waals surface area contributed by atoms with Gasteiger partial charge in [-0.3, -0.25) is 9.78 Å². The molecule has 0 aliphatic rings. The minimum atomic E-state index is -3.63. The summed E-state index contributed by atoms with van der Waals surface area (Å²) in [7, 11) is -3.63. The van der Waals surface area contributed by atoms with Gasteiger partial charge in [-0.25, -0.2) is 13.1 Å². The van der Waals surface area contributed by atoms with Crippen LogP contribution in [0.4, 0.5) is 0 Å². The lowest BCUT2D eigenvalue weighted by molar-refractivity contribution is -0.121. The molecule has 0 saturated heterocycles. The number of sulfonamides is 1. The van der Waals surface area contributed by atoms with Gasteiger partial charge in [0.15, 0.2) is 0 Å². The van der Waals surface area contributed by atoms with Gasteiger partial charge in [-0.2, -0.15) is 0 Å². The van der Waals surface area contributed by atoms with Gasteiger partial charge in [-0.15, -0.1) is 0 Å². The predicted molar refractivity (Wildman–Crippen MR) is 96.5 cm³/mol. The van der Waals surface area contributed by atoms with Crippen molar-refractivity contribution < 1.29 is 13.2 Å². The maximum atomic E-state index is 12.4. The summed E-state index contributed by atoms with van der Waals surface area (Å²) in [6, 6.07) is 10.5. The molecule has 0 aliphatic heterocycles. The number of pyridine rings is 1. The summed E-state index contributed by atoms with van der Waals surface area (Å²) in [4.78, 5) is 16.4. The zero-order valence-corrected chi connectivity index (χ0v) is 15.4. The Balaban J connectivity index is 1.89. The highest BCUT2D eigenvalue weighted by Gasteiger charge is 2.17. The Morgan fingerprint density at radius 3 is 2.64 bits per heavy atom. The van der Waals surface area contributed by atoms with E-state index in [4.69, 9.17) is 0 Å². The molecule has 1 atom stereocenters. The van der Waals surface area contributed by atoms with E-state index in [0.29, 0.717) is 5.56 Å². The van der Waals surface area contributed by atoms with E-state index in [0.717, 1.165) is 11.3 Å². The number of aromatic nitrogens is 1. The summed E-state index contributed by atoms with van der Waals surface area (Å²) >= 11 is 0. The van der Waals surface area contributed by atoms with E-state index in [1.807, 2.05) is 32.0 Å². The molecule has 0 aliphatic carbocycles. The molecule has 2 rings (SSSR count). The number of amides is 1. The van der Waals surface area contributed by atoms with Crippen LogP contribution in [0.5, 0.6) is 0 Å². The van der Waals surface area contributed by atoms with Crippen LogP contribution in [0.25, 0.3) is 0 Å². The SMILES string of the molecule is Cc1ccc(C)c(S(=O)(=O)NCCC(=O)NC(C)c2ccccn2)c1. The second-order valence-corrected chi connectivity index (χ2v) is 7.70. The van der Waals surface area contributed by atoms with Crippen molar-refractivity contribution in [3.63, 3.8) is 0 Å². The number of hydrogen-bond donors (Lipinski definition) is 2. The highest BCUT2D eigenvalue weighted by molar-refractivity contribution is 7.89. The number of benzene rings is 1. The van der Waals surface area contributed by atoms with Crippen molar-refractivity contribution in [3.05, 3.63) is 59.4 Å². The molecule has 134 valence electrons. The molecule has 1 amide bonds. The lowest BCUT2D eigenvalue weighted by Crippen LogP contribution is -2.32. The molecule has 0 spiro atoms. The summed E-state index contributed by atoms with van der Waals surface area (Å²) in [5.41, 5.74) is 2.30. The molecule has 0 saturated carbocycles. The van der Waals surface area contributed by atoms with E-state index < -0.39 is 10.0 Å². The van der Waals surface area contributed by atoms with Crippen LogP contribution in [0.2, 0.25) is 0 Å². The largest absolute Gasteiger partial charge is 0.348 e. The Kier molecular flexibility index (Phi) is 6.27. The molecule has 2 aromatic rings. The van der Waals surface area contributed by atoms with Crippen molar-refractivity contribution in [1.82, 2.24) is 15.0 Å². The molecule has 7 heteroatoms. The zero-order valence-electron chi connectivity index (χ0n) is 14.6. The van der Waals surface area contributed by atoms with Crippen LogP contribution in [-0.4, -0.2) is 25.9 Å². The number of carbonyl (C=O) groups is 1. The number of nitrogens with zero attached hydrogens (tertiary/aromatic N) is 1. The number of hydrogen-bond acceptors (Lipinski definition) is 4. The van der Waals surface area contributed by atoms with Gasteiger partial charge in [0.25, 0.3) is 0 Å². The third-order valence-corrected chi connectivity index (χ3v) is 5.39. The van der Waals surface area contributed by atoms with Crippen molar-refractivity contribution in [2.75, 3.05) is 6.54 Å². The first-order chi connectivity index (χ1) is 11.8. The van der Waals surface area contributed by atoms with Crippen LogP contribution in [0.15, 0.2) is 47.5 Å². The van der Waals surface area contributed by atoms with E-state index in [1.54, 1.807) is 31.3 Å². The standard InChI is InChI=1S/C18H23N3O3S/c1-13-7-8-14(2)17(12-13)25(23,24)20-11-9-18(22)21-15(3)16-6-4-5-10-19-16/h4-8,10,12,15,20H,9,11H2,1-3H3,(H,21,22). The van der Waals surface area contributed by atoms with E-state index in [-0.39, 0.29) is 29.8 Å². The first kappa shape index (κ1) is 19.1. The smallest absolute Gasteiger partial charge is 0.240 e. The second-order valence-electron chi connectivity index (χ2n) is 5.96. The first-order valence-electron chi connectivity index (χ1n) is 8.07. The molecule has 25 heavy (non-hydrogen) atoms. The molecule has 6 nitrogen and oxygen atoms in total. The fourth-order valence-electron chi connectivity index (χ4n) is 2.39. The molecule has 1 unspecified atom stereocenters. The number of nitrogens with one attached hydrogen (secondary N) is 2. The van der Waals surface area contributed by atoms with Crippen LogP contribution in [0.3, 0.4) is 0 Å². The first-order valence-corrected chi connectivity index (χ1v) is 9.55. The fourth-order valence-corrected chi connectivity index (χ4v) is 3.75. The lowest BCUT2D eigenvalue weighted by atomic mass is 10.2. The molecule has 0 radical (unpaired) electrons. The molecule has 1 heterocycles. The molecule has 0 fully saturated rings. The van der Waals surface area contributed by atoms with E-state index in [1.165, 1.54) is 0 Å². The minimum Gasteiger partial charge on any atom is -0.348 e. The lowest BCUT2D eigenvalue weighted by Gasteiger charge is -2.14. The third kappa shape index (κ3) is 5.37. The van der Waals surface area contributed by atoms with E-state index in [2.05, 4.69) is 15.0 Å². The summed E-state index contributed by atoms with van der Waals surface area (Å²) in [5.74, 6) is -0.234. The Bertz CT molecular complexity index is 836. The minimum absolute atomic E-state index is 0.0382. The van der Waals surface area contributed by atoms with Crippen LogP contribution in [-0.2, 0) is 14.8 Å². The average molecular weight is 361 g/mol. The maximum Gasteiger partial charge on any atom is 0.240 e. The van der Waals surface area contributed by atoms with E-state index >= 15 is 0 Å². The highest BCUT2D eigenvalue weighted by Crippen LogP contribution is 2.16. The van der Waals surface area contributed by atoms with Gasteiger partial charge in [-0.05, 0) is 50.1 Å². The average Bonchev–Trinajstić information content (AvgIpc) is 2.57. The molecule has 0 bridgehead atoms. The van der Waals surface area contributed by atoms with Crippen molar-refractivity contribution in [2.45, 2.75) is 38.1 Å². The molecular formula is C18H23N3O3S. The maximum absolute atomic E-state index is 12.4. The fraction of sp³-hybridized carbons (Fsp3) is 0.333. The molecule has 1 aromatic carbocycles. The number of carbonyl (C=O) groups excluding carboxylic acids is 1. The zero-order chi connectivity index (χ0) is 18.4. The highest BCUT2D eigenvalue weighted by atomic mass is 32.2. The van der Waals surface area contributed by atoms with Gasteiger partial charge in [0.1, 0.15) is 0 Å². The van der Waals surface area contributed by atoms with Gasteiger partial charge < -0.3 is 5.32 Å². The second kappa shape index (κ2) is 8.22. The summed E-state index contributed by atoms with van der Waals surface area (Å²) in [6.07, 6.45) is 1.72. The Morgan fingerprint density at radius 1 is 1.20 bits per heavy atom. The van der Waals surface area contributed by atoms with Crippen molar-refractivity contribution >= 4 is 15.9 Å². The van der Waals surface area contributed by atoms with Crippen molar-refractivity contribution in [3.8, 4) is 0 Å².